The van der Waals surface area contributed by atoms with Crippen molar-refractivity contribution in [1.29, 1.82) is 0 Å². The van der Waals surface area contributed by atoms with Crippen LogP contribution in [0, 0.1) is 0 Å². The number of hydrogen-bond donors (Lipinski definition) is 2. The number of sulfone groups is 1. The van der Waals surface area contributed by atoms with Crippen molar-refractivity contribution in [3.8, 4) is 0 Å². The molecule has 1 aromatic rings. The molecular weight excluding hydrogens is 244 g/mol. The summed E-state index contributed by atoms with van der Waals surface area (Å²) in [5.74, 6) is 0.894. The van der Waals surface area contributed by atoms with E-state index in [9.17, 15) is 8.42 Å². The third-order valence-corrected chi connectivity index (χ3v) is 4.41. The van der Waals surface area contributed by atoms with E-state index in [1.807, 2.05) is 0 Å². The molecule has 1 saturated heterocycles. The van der Waals surface area contributed by atoms with Crippen molar-refractivity contribution in [2.45, 2.75) is 25.4 Å². The van der Waals surface area contributed by atoms with Crippen LogP contribution in [0.5, 0.6) is 0 Å². The molecular formula is C9H16N4O3S. The predicted molar refractivity (Wildman–Crippen MR) is 62.4 cm³/mol. The number of nitrogens with one attached hydrogen (secondary N) is 2. The minimum Gasteiger partial charge on any atom is -0.407 e. The quantitative estimate of drug-likeness (QED) is 0.772. The molecule has 7 nitrogen and oxygen atoms in total. The van der Waals surface area contributed by atoms with Crippen LogP contribution in [-0.2, 0) is 16.4 Å². The van der Waals surface area contributed by atoms with Gasteiger partial charge in [0.25, 0.3) is 0 Å². The number of hydrogen-bond acceptors (Lipinski definition) is 7. The first-order valence-electron chi connectivity index (χ1n) is 5.53. The SMILES string of the molecule is CNCc1nnc(NC2CCCS(=O)(=O)C2)o1. The van der Waals surface area contributed by atoms with E-state index in [1.165, 1.54) is 0 Å². The van der Waals surface area contributed by atoms with Gasteiger partial charge in [0.05, 0.1) is 18.1 Å². The summed E-state index contributed by atoms with van der Waals surface area (Å²) in [5, 5.41) is 13.5. The lowest BCUT2D eigenvalue weighted by atomic mass is 10.2. The topological polar surface area (TPSA) is 97.1 Å². The molecule has 0 spiro atoms. The highest BCUT2D eigenvalue weighted by Gasteiger charge is 2.25. The van der Waals surface area contributed by atoms with Gasteiger partial charge in [-0.15, -0.1) is 5.10 Å². The lowest BCUT2D eigenvalue weighted by Gasteiger charge is -2.21. The monoisotopic (exact) mass is 260 g/mol. The van der Waals surface area contributed by atoms with E-state index in [0.717, 1.165) is 6.42 Å². The lowest BCUT2D eigenvalue weighted by Crippen LogP contribution is -2.34. The molecule has 1 aliphatic heterocycles. The highest BCUT2D eigenvalue weighted by Crippen LogP contribution is 2.16. The number of rotatable bonds is 4. The van der Waals surface area contributed by atoms with Crippen molar-refractivity contribution in [1.82, 2.24) is 15.5 Å². The summed E-state index contributed by atoms with van der Waals surface area (Å²) < 4.78 is 28.2. The molecule has 0 saturated carbocycles. The maximum atomic E-state index is 11.4. The van der Waals surface area contributed by atoms with Crippen molar-refractivity contribution < 1.29 is 12.8 Å². The Balaban J connectivity index is 1.95. The van der Waals surface area contributed by atoms with E-state index < -0.39 is 9.84 Å². The average Bonchev–Trinajstić information content (AvgIpc) is 2.64. The summed E-state index contributed by atoms with van der Waals surface area (Å²) in [6, 6.07) is 0.161. The van der Waals surface area contributed by atoms with Crippen molar-refractivity contribution in [3.05, 3.63) is 5.89 Å². The molecule has 2 heterocycles. The van der Waals surface area contributed by atoms with Gasteiger partial charge in [-0.25, -0.2) is 8.42 Å². The van der Waals surface area contributed by atoms with Gasteiger partial charge in [-0.2, -0.15) is 0 Å². The number of anilines is 1. The summed E-state index contributed by atoms with van der Waals surface area (Å²) in [4.78, 5) is 0. The summed E-state index contributed by atoms with van der Waals surface area (Å²) >= 11 is 0. The third-order valence-electron chi connectivity index (χ3n) is 2.59. The van der Waals surface area contributed by atoms with Crippen LogP contribution in [0.25, 0.3) is 0 Å². The van der Waals surface area contributed by atoms with Crippen LogP contribution in [-0.4, -0.2) is 43.2 Å². The predicted octanol–water partition coefficient (Wildman–Crippen LogP) is -0.222. The van der Waals surface area contributed by atoms with Crippen LogP contribution in [0.2, 0.25) is 0 Å². The molecule has 2 N–H and O–H groups in total. The fourth-order valence-corrected chi connectivity index (χ4v) is 3.48. The molecule has 96 valence electrons. The Hall–Kier alpha value is -1.15. The lowest BCUT2D eigenvalue weighted by molar-refractivity contribution is 0.481. The van der Waals surface area contributed by atoms with Gasteiger partial charge in [0, 0.05) is 6.04 Å². The van der Waals surface area contributed by atoms with E-state index in [2.05, 4.69) is 20.8 Å². The molecule has 17 heavy (non-hydrogen) atoms. The molecule has 1 fully saturated rings. The fourth-order valence-electron chi connectivity index (χ4n) is 1.85. The van der Waals surface area contributed by atoms with Crippen molar-refractivity contribution in [2.24, 2.45) is 0 Å². The molecule has 1 aromatic heterocycles. The summed E-state index contributed by atoms with van der Waals surface area (Å²) in [6.45, 7) is 0.498. The normalized spacial score (nSPS) is 23.5. The van der Waals surface area contributed by atoms with Crippen molar-refractivity contribution in [3.63, 3.8) is 0 Å². The van der Waals surface area contributed by atoms with Crippen LogP contribution in [0.1, 0.15) is 18.7 Å². The van der Waals surface area contributed by atoms with Gasteiger partial charge in [0.15, 0.2) is 9.84 Å². The van der Waals surface area contributed by atoms with Crippen LogP contribution >= 0.6 is 0 Å². The van der Waals surface area contributed by atoms with Crippen LogP contribution < -0.4 is 10.6 Å². The van der Waals surface area contributed by atoms with E-state index in [0.29, 0.717) is 18.9 Å². The van der Waals surface area contributed by atoms with Gasteiger partial charge < -0.3 is 15.1 Å². The summed E-state index contributed by atoms with van der Waals surface area (Å²) in [5.41, 5.74) is 0. The molecule has 1 aliphatic rings. The Morgan fingerprint density at radius 2 is 2.29 bits per heavy atom. The molecule has 1 unspecified atom stereocenters. The van der Waals surface area contributed by atoms with Crippen LogP contribution in [0.4, 0.5) is 6.01 Å². The molecule has 0 aliphatic carbocycles. The number of aromatic nitrogens is 2. The zero-order chi connectivity index (χ0) is 12.3. The first-order chi connectivity index (χ1) is 8.09. The molecule has 0 radical (unpaired) electrons. The van der Waals surface area contributed by atoms with E-state index in [1.54, 1.807) is 7.05 Å². The zero-order valence-electron chi connectivity index (χ0n) is 9.64. The largest absolute Gasteiger partial charge is 0.407 e. The summed E-state index contributed by atoms with van der Waals surface area (Å²) in [6.07, 6.45) is 1.49. The average molecular weight is 260 g/mol. The van der Waals surface area contributed by atoms with Crippen molar-refractivity contribution >= 4 is 15.9 Å². The molecule has 8 heteroatoms. The van der Waals surface area contributed by atoms with Gasteiger partial charge in [0.1, 0.15) is 0 Å². The van der Waals surface area contributed by atoms with E-state index in [4.69, 9.17) is 4.42 Å². The maximum absolute atomic E-state index is 11.4. The third kappa shape index (κ3) is 3.40. The first kappa shape index (κ1) is 12.3. The second-order valence-electron chi connectivity index (χ2n) is 4.13. The molecule has 0 bridgehead atoms. The summed E-state index contributed by atoms with van der Waals surface area (Å²) in [7, 11) is -1.14. The van der Waals surface area contributed by atoms with Crippen LogP contribution in [0.3, 0.4) is 0 Å². The van der Waals surface area contributed by atoms with E-state index in [-0.39, 0.29) is 23.6 Å². The van der Waals surface area contributed by atoms with E-state index >= 15 is 0 Å². The molecule has 2 rings (SSSR count). The van der Waals surface area contributed by atoms with Crippen LogP contribution in [0.15, 0.2) is 4.42 Å². The minimum absolute atomic E-state index is 0.128. The number of nitrogens with zero attached hydrogens (tertiary/aromatic N) is 2. The van der Waals surface area contributed by atoms with Gasteiger partial charge in [-0.1, -0.05) is 5.10 Å². The Kier molecular flexibility index (Phi) is 3.63. The molecule has 0 amide bonds. The standard InChI is InChI=1S/C9H16N4O3S/c1-10-5-8-12-13-9(16-8)11-7-3-2-4-17(14,15)6-7/h7,10H,2-6H2,1H3,(H,11,13). The Labute approximate surface area is 99.9 Å². The second kappa shape index (κ2) is 5.01. The fraction of sp³-hybridized carbons (Fsp3) is 0.778. The van der Waals surface area contributed by atoms with Gasteiger partial charge in [-0.3, -0.25) is 0 Å². The van der Waals surface area contributed by atoms with Gasteiger partial charge in [0.2, 0.25) is 5.89 Å². The maximum Gasteiger partial charge on any atom is 0.315 e. The smallest absolute Gasteiger partial charge is 0.315 e. The Morgan fingerprint density at radius 1 is 1.47 bits per heavy atom. The van der Waals surface area contributed by atoms with Crippen molar-refractivity contribution in [2.75, 3.05) is 23.9 Å². The van der Waals surface area contributed by atoms with Gasteiger partial charge in [-0.05, 0) is 19.9 Å². The minimum atomic E-state index is -2.92. The molecule has 0 aromatic carbocycles. The Morgan fingerprint density at radius 3 is 3.00 bits per heavy atom. The first-order valence-corrected chi connectivity index (χ1v) is 7.35. The highest BCUT2D eigenvalue weighted by molar-refractivity contribution is 7.91. The Bertz CT molecular complexity index is 470. The van der Waals surface area contributed by atoms with Gasteiger partial charge >= 0.3 is 6.01 Å². The zero-order valence-corrected chi connectivity index (χ0v) is 10.5. The second-order valence-corrected chi connectivity index (χ2v) is 6.36. The highest BCUT2D eigenvalue weighted by atomic mass is 32.2. The molecule has 1 atom stereocenters.